The fraction of sp³-hybridized carbons (Fsp3) is 0.727. The van der Waals surface area contributed by atoms with Gasteiger partial charge in [0.05, 0.1) is 10.7 Å². The highest BCUT2D eigenvalue weighted by Crippen LogP contribution is 2.11. The molecule has 0 aliphatic carbocycles. The van der Waals surface area contributed by atoms with E-state index in [1.807, 2.05) is 0 Å². The van der Waals surface area contributed by atoms with Gasteiger partial charge in [-0.1, -0.05) is 6.92 Å². The molecule has 0 spiro atoms. The zero-order chi connectivity index (χ0) is 10.9. The summed E-state index contributed by atoms with van der Waals surface area (Å²) in [5.41, 5.74) is 1.17. The number of nitrogens with one attached hydrogen (secondary N) is 1. The number of thiazole rings is 1. The quantitative estimate of drug-likeness (QED) is 0.693. The maximum Gasteiger partial charge on any atom is 0.0929 e. The predicted octanol–water partition coefficient (Wildman–Crippen LogP) is 2.22. The first-order valence-electron chi connectivity index (χ1n) is 5.49. The van der Waals surface area contributed by atoms with E-state index in [0.717, 1.165) is 32.5 Å². The van der Waals surface area contributed by atoms with Crippen molar-refractivity contribution < 1.29 is 4.74 Å². The predicted molar refractivity (Wildman–Crippen MR) is 64.3 cm³/mol. The normalized spacial score (nSPS) is 10.8. The summed E-state index contributed by atoms with van der Waals surface area (Å²) < 4.78 is 5.01. The fourth-order valence-corrected chi connectivity index (χ4v) is 2.15. The van der Waals surface area contributed by atoms with Crippen LogP contribution < -0.4 is 5.32 Å². The highest BCUT2D eigenvalue weighted by atomic mass is 32.1. The third-order valence-electron chi connectivity index (χ3n) is 2.07. The summed E-state index contributed by atoms with van der Waals surface area (Å²) in [5.74, 6) is 0. The summed E-state index contributed by atoms with van der Waals surface area (Å²) >= 11 is 1.75. The lowest BCUT2D eigenvalue weighted by atomic mass is 10.3. The molecule has 0 atom stereocenters. The Balaban J connectivity index is 2.23. The summed E-state index contributed by atoms with van der Waals surface area (Å²) in [4.78, 5) is 4.55. The molecule has 1 aromatic heterocycles. The van der Waals surface area contributed by atoms with Crippen molar-refractivity contribution in [2.45, 2.75) is 32.7 Å². The molecule has 0 aliphatic rings. The molecule has 15 heavy (non-hydrogen) atoms. The summed E-state index contributed by atoms with van der Waals surface area (Å²) in [6.07, 6.45) is 3.27. The van der Waals surface area contributed by atoms with E-state index in [4.69, 9.17) is 4.74 Å². The molecule has 0 saturated heterocycles. The van der Waals surface area contributed by atoms with E-state index in [1.165, 1.54) is 17.1 Å². The van der Waals surface area contributed by atoms with E-state index >= 15 is 0 Å². The lowest BCUT2D eigenvalue weighted by Gasteiger charge is -1.98. The number of nitrogens with zero attached hydrogens (tertiary/aromatic N) is 1. The summed E-state index contributed by atoms with van der Waals surface area (Å²) in [6.45, 7) is 4.96. The first kappa shape index (κ1) is 12.6. The topological polar surface area (TPSA) is 34.1 Å². The Morgan fingerprint density at radius 2 is 2.40 bits per heavy atom. The third-order valence-corrected chi connectivity index (χ3v) is 3.03. The van der Waals surface area contributed by atoms with Crippen LogP contribution in [0.5, 0.6) is 0 Å². The van der Waals surface area contributed by atoms with Crippen molar-refractivity contribution in [3.8, 4) is 0 Å². The number of ether oxygens (including phenoxy) is 1. The van der Waals surface area contributed by atoms with Crippen molar-refractivity contribution >= 4 is 11.3 Å². The SMILES string of the molecule is CCCNCc1csc(CCCOC)n1. The molecular weight excluding hydrogens is 208 g/mol. The van der Waals surface area contributed by atoms with Crippen LogP contribution in [0.25, 0.3) is 0 Å². The molecule has 0 radical (unpaired) electrons. The molecule has 0 saturated carbocycles. The highest BCUT2D eigenvalue weighted by Gasteiger charge is 2.01. The van der Waals surface area contributed by atoms with Crippen molar-refractivity contribution in [2.24, 2.45) is 0 Å². The molecule has 86 valence electrons. The van der Waals surface area contributed by atoms with E-state index in [0.29, 0.717) is 0 Å². The number of aryl methyl sites for hydroxylation is 1. The van der Waals surface area contributed by atoms with Crippen LogP contribution in [0.3, 0.4) is 0 Å². The molecule has 0 aliphatic heterocycles. The van der Waals surface area contributed by atoms with Gasteiger partial charge in [-0.05, 0) is 19.4 Å². The molecule has 1 aromatic rings. The van der Waals surface area contributed by atoms with E-state index in [-0.39, 0.29) is 0 Å². The molecule has 1 heterocycles. The summed E-state index contributed by atoms with van der Waals surface area (Å²) in [7, 11) is 1.74. The number of rotatable bonds is 8. The van der Waals surface area contributed by atoms with Gasteiger partial charge in [-0.2, -0.15) is 0 Å². The average Bonchev–Trinajstić information content (AvgIpc) is 2.67. The van der Waals surface area contributed by atoms with Crippen molar-refractivity contribution in [1.82, 2.24) is 10.3 Å². The molecule has 0 aromatic carbocycles. The lowest BCUT2D eigenvalue weighted by molar-refractivity contribution is 0.195. The fourth-order valence-electron chi connectivity index (χ4n) is 1.31. The minimum atomic E-state index is 0.822. The number of hydrogen-bond donors (Lipinski definition) is 1. The van der Waals surface area contributed by atoms with Crippen LogP contribution in [0.15, 0.2) is 5.38 Å². The van der Waals surface area contributed by atoms with Gasteiger partial charge in [0.2, 0.25) is 0 Å². The minimum absolute atomic E-state index is 0.822. The maximum absolute atomic E-state index is 5.01. The number of hydrogen-bond acceptors (Lipinski definition) is 4. The first-order chi connectivity index (χ1) is 7.36. The molecule has 0 unspecified atom stereocenters. The van der Waals surface area contributed by atoms with Crippen molar-refractivity contribution in [2.75, 3.05) is 20.3 Å². The van der Waals surface area contributed by atoms with Crippen LogP contribution in [-0.2, 0) is 17.7 Å². The van der Waals surface area contributed by atoms with Crippen molar-refractivity contribution in [3.63, 3.8) is 0 Å². The van der Waals surface area contributed by atoms with E-state index in [1.54, 1.807) is 18.4 Å². The third kappa shape index (κ3) is 5.25. The Morgan fingerprint density at radius 3 is 3.13 bits per heavy atom. The van der Waals surface area contributed by atoms with Crippen LogP contribution in [0.4, 0.5) is 0 Å². The van der Waals surface area contributed by atoms with Gasteiger partial charge in [0, 0.05) is 32.1 Å². The van der Waals surface area contributed by atoms with Crippen molar-refractivity contribution in [1.29, 1.82) is 0 Å². The number of aromatic nitrogens is 1. The highest BCUT2D eigenvalue weighted by molar-refractivity contribution is 7.09. The Hall–Kier alpha value is -0.450. The van der Waals surface area contributed by atoms with E-state index in [9.17, 15) is 0 Å². The average molecular weight is 228 g/mol. The van der Waals surface area contributed by atoms with Gasteiger partial charge in [0.25, 0.3) is 0 Å². The van der Waals surface area contributed by atoms with Gasteiger partial charge >= 0.3 is 0 Å². The molecular formula is C11H20N2OS. The second kappa shape index (κ2) is 7.79. The summed E-state index contributed by atoms with van der Waals surface area (Å²) in [5, 5.41) is 6.72. The molecule has 1 rings (SSSR count). The van der Waals surface area contributed by atoms with Crippen LogP contribution in [0, 0.1) is 0 Å². The van der Waals surface area contributed by atoms with Crippen LogP contribution >= 0.6 is 11.3 Å². The number of methoxy groups -OCH3 is 1. The smallest absolute Gasteiger partial charge is 0.0929 e. The van der Waals surface area contributed by atoms with Gasteiger partial charge in [-0.15, -0.1) is 11.3 Å². The van der Waals surface area contributed by atoms with Crippen LogP contribution in [0.1, 0.15) is 30.5 Å². The van der Waals surface area contributed by atoms with E-state index < -0.39 is 0 Å². The Kier molecular flexibility index (Phi) is 6.55. The maximum atomic E-state index is 5.01. The lowest BCUT2D eigenvalue weighted by Crippen LogP contribution is -2.13. The standard InChI is InChI=1S/C11H20N2OS/c1-3-6-12-8-10-9-15-11(13-10)5-4-7-14-2/h9,12H,3-8H2,1-2H3. The van der Waals surface area contributed by atoms with Gasteiger partial charge in [0.15, 0.2) is 0 Å². The first-order valence-corrected chi connectivity index (χ1v) is 6.37. The molecule has 4 heteroatoms. The van der Waals surface area contributed by atoms with Crippen LogP contribution in [0.2, 0.25) is 0 Å². The molecule has 0 fully saturated rings. The van der Waals surface area contributed by atoms with Gasteiger partial charge in [-0.3, -0.25) is 0 Å². The summed E-state index contributed by atoms with van der Waals surface area (Å²) in [6, 6.07) is 0. The Labute approximate surface area is 95.9 Å². The molecule has 0 bridgehead atoms. The molecule has 0 amide bonds. The van der Waals surface area contributed by atoms with Gasteiger partial charge in [-0.25, -0.2) is 4.98 Å². The van der Waals surface area contributed by atoms with Crippen LogP contribution in [-0.4, -0.2) is 25.2 Å². The minimum Gasteiger partial charge on any atom is -0.385 e. The van der Waals surface area contributed by atoms with Gasteiger partial charge < -0.3 is 10.1 Å². The Bertz CT molecular complexity index is 238. The van der Waals surface area contributed by atoms with Crippen molar-refractivity contribution in [3.05, 3.63) is 16.1 Å². The molecule has 3 nitrogen and oxygen atoms in total. The monoisotopic (exact) mass is 228 g/mol. The zero-order valence-corrected chi connectivity index (χ0v) is 10.4. The zero-order valence-electron chi connectivity index (χ0n) is 9.58. The Morgan fingerprint density at radius 1 is 1.53 bits per heavy atom. The van der Waals surface area contributed by atoms with E-state index in [2.05, 4.69) is 22.6 Å². The molecule has 1 N–H and O–H groups in total. The largest absolute Gasteiger partial charge is 0.385 e. The van der Waals surface area contributed by atoms with Gasteiger partial charge in [0.1, 0.15) is 0 Å². The second-order valence-corrected chi connectivity index (χ2v) is 4.45. The second-order valence-electron chi connectivity index (χ2n) is 3.51.